The minimum Gasteiger partial charge on any atom is -0.480 e. The molecule has 0 spiro atoms. The van der Waals surface area contributed by atoms with Gasteiger partial charge in [-0.15, -0.1) is 0 Å². The van der Waals surface area contributed by atoms with Gasteiger partial charge in [-0.3, -0.25) is 116 Å². The maximum absolute atomic E-state index is 12.6. The smallest absolute Gasteiger partial charge is 0.320 e. The highest BCUT2D eigenvalue weighted by Gasteiger charge is 2.25. The standard InChI is InChI=1S/C30H57N5O8.C20H37N5O10.C20H35N3O12/c1-5-9-11-24(7-3)17-31-26(36)19-34(22-29(40)41)15-13-33(21-28(38)39)14-16-35(23-30(42)43)20-27(37)32-18-25(8-4)12-10-6-2;1-34-9-3-21-16(26)11-24(14-19(30)31)7-5-23(13-18(28)29)6-8-25(15-20(32)33)12-17(27)22-4-10-35-2;1-32-7-9-34-19(30)14-22(12-17(26)27)5-3-21(11-16(24)25)4-6-23(13-18(28)29)15-20(31)35-10-8-33-2/h24-25H,5-23H2,1-4H3,(H,31,36)(H,32,37)(H,38,39)(H,40,41)(H,42,43);3-15H2,1-2H3,(H,21,26)(H,22,27)(H,28,29)(H,30,31)(H,32,33);3-15H2,1-2H3,(H,24,25)(H,26,27)(H,28,29). The van der Waals surface area contributed by atoms with Crippen LogP contribution < -0.4 is 21.3 Å². The summed E-state index contributed by atoms with van der Waals surface area (Å²) in [5.41, 5.74) is 0. The van der Waals surface area contributed by atoms with E-state index in [0.717, 1.165) is 51.4 Å². The summed E-state index contributed by atoms with van der Waals surface area (Å²) in [7, 11) is 5.82. The Kier molecular flexibility index (Phi) is 67.5. The van der Waals surface area contributed by atoms with E-state index < -0.39 is 110 Å². The van der Waals surface area contributed by atoms with Crippen molar-refractivity contribution in [2.75, 3.05) is 271 Å². The lowest BCUT2D eigenvalue weighted by atomic mass is 9.99. The number of carboxylic acids is 9. The third-order valence-corrected chi connectivity index (χ3v) is 16.4. The van der Waals surface area contributed by atoms with E-state index in [0.29, 0.717) is 38.1 Å². The fraction of sp³-hybridized carbons (Fsp3) is 0.786. The Morgan fingerprint density at radius 2 is 0.469 bits per heavy atom. The molecule has 0 aliphatic heterocycles. The van der Waals surface area contributed by atoms with E-state index in [1.54, 1.807) is 4.90 Å². The second kappa shape index (κ2) is 70.2. The molecule has 0 fully saturated rings. The molecule has 43 nitrogen and oxygen atoms in total. The lowest BCUT2D eigenvalue weighted by Gasteiger charge is -2.28. The van der Waals surface area contributed by atoms with Gasteiger partial charge in [-0.25, -0.2) is 0 Å². The van der Waals surface area contributed by atoms with Gasteiger partial charge in [0.2, 0.25) is 23.6 Å². The van der Waals surface area contributed by atoms with Gasteiger partial charge in [-0.1, -0.05) is 66.2 Å². The first-order valence-electron chi connectivity index (χ1n) is 37.4. The summed E-state index contributed by atoms with van der Waals surface area (Å²) < 4.78 is 29.1. The molecule has 0 bridgehead atoms. The number of unbranched alkanes of at least 4 members (excludes halogenated alkanes) is 2. The van der Waals surface area contributed by atoms with Crippen molar-refractivity contribution in [3.63, 3.8) is 0 Å². The van der Waals surface area contributed by atoms with Gasteiger partial charge in [0.15, 0.2) is 0 Å². The molecule has 0 aliphatic rings. The Hall–Kier alpha value is -8.47. The highest BCUT2D eigenvalue weighted by Crippen LogP contribution is 2.13. The summed E-state index contributed by atoms with van der Waals surface area (Å²) in [5, 5.41) is 94.0. The van der Waals surface area contributed by atoms with Crippen LogP contribution in [-0.4, -0.2) is 450 Å². The number of amides is 4. The Morgan fingerprint density at radius 1 is 0.265 bits per heavy atom. The van der Waals surface area contributed by atoms with Gasteiger partial charge in [0, 0.05) is 133 Å². The van der Waals surface area contributed by atoms with Crippen molar-refractivity contribution < 1.29 is 146 Å². The molecule has 0 aliphatic carbocycles. The van der Waals surface area contributed by atoms with Crippen LogP contribution in [0, 0.1) is 11.8 Å². The van der Waals surface area contributed by atoms with Crippen molar-refractivity contribution in [3.8, 4) is 0 Å². The summed E-state index contributed by atoms with van der Waals surface area (Å²) in [4.78, 5) is 187. The second-order valence-electron chi connectivity index (χ2n) is 26.2. The van der Waals surface area contributed by atoms with E-state index in [1.807, 2.05) is 0 Å². The van der Waals surface area contributed by atoms with Crippen LogP contribution in [0.4, 0.5) is 0 Å². The Morgan fingerprint density at radius 3 is 0.673 bits per heavy atom. The Labute approximate surface area is 660 Å². The molecule has 2 atom stereocenters. The maximum Gasteiger partial charge on any atom is 0.320 e. The molecule has 654 valence electrons. The number of rotatable bonds is 72. The third-order valence-electron chi connectivity index (χ3n) is 16.4. The molecule has 0 saturated heterocycles. The predicted molar refractivity (Wildman–Crippen MR) is 405 cm³/mol. The van der Waals surface area contributed by atoms with Gasteiger partial charge in [0.25, 0.3) is 0 Å². The number of hydrogen-bond acceptors (Lipinski definition) is 30. The SMILES string of the molecule is CCCCC(CC)CNC(=O)CN(CCN(CCN(CC(=O)O)CC(=O)NCC(CC)CCCC)CC(=O)O)CC(=O)O.COCCNC(=O)CN(CCN(CCN(CC(=O)O)CC(=O)NCCOC)CC(=O)O)CC(=O)O.COCCOC(=O)CN(CCN(CCN(CC(=O)O)CC(=O)OCCOC)CC(=O)O)CC(=O)O. The number of nitrogens with one attached hydrogen (secondary N) is 4. The molecule has 0 aromatic rings. The topological polar surface area (TPSA) is 571 Å². The van der Waals surface area contributed by atoms with Crippen LogP contribution in [-0.2, 0) is 100 Å². The van der Waals surface area contributed by atoms with E-state index in [2.05, 4.69) is 49.0 Å². The quantitative estimate of drug-likeness (QED) is 0.0204. The first-order valence-corrected chi connectivity index (χ1v) is 37.4. The number of nitrogens with zero attached hydrogens (tertiary/aromatic N) is 9. The highest BCUT2D eigenvalue weighted by molar-refractivity contribution is 5.81. The lowest BCUT2D eigenvalue weighted by Crippen LogP contribution is -2.47. The third kappa shape index (κ3) is 69.9. The van der Waals surface area contributed by atoms with Crippen LogP contribution in [0.3, 0.4) is 0 Å². The van der Waals surface area contributed by atoms with E-state index in [9.17, 15) is 97.5 Å². The van der Waals surface area contributed by atoms with E-state index >= 15 is 0 Å². The fourth-order valence-corrected chi connectivity index (χ4v) is 10.5. The van der Waals surface area contributed by atoms with Crippen LogP contribution >= 0.6 is 0 Å². The summed E-state index contributed by atoms with van der Waals surface area (Å²) in [6.07, 6.45) is 8.18. The molecular formula is C70H129N13O30. The van der Waals surface area contributed by atoms with Gasteiger partial charge in [0.1, 0.15) is 13.2 Å². The van der Waals surface area contributed by atoms with Crippen LogP contribution in [0.2, 0.25) is 0 Å². The zero-order valence-corrected chi connectivity index (χ0v) is 67.1. The van der Waals surface area contributed by atoms with Crippen LogP contribution in [0.25, 0.3) is 0 Å². The monoisotopic (exact) mass is 1630 g/mol. The average Bonchev–Trinajstić information content (AvgIpc) is 0.912. The maximum atomic E-state index is 12.6. The van der Waals surface area contributed by atoms with Crippen molar-refractivity contribution in [2.45, 2.75) is 79.1 Å². The molecular weight excluding hydrogens is 1500 g/mol. The number of carboxylic acid groups (broad SMARTS) is 9. The summed E-state index contributed by atoms with van der Waals surface area (Å²) in [5.74, 6) is -12.2. The molecule has 4 amide bonds. The number of carbonyl (C=O) groups excluding carboxylic acids is 6. The number of carbonyl (C=O) groups is 15. The summed E-state index contributed by atoms with van der Waals surface area (Å²) in [6, 6.07) is 0. The molecule has 0 rings (SSSR count). The van der Waals surface area contributed by atoms with Crippen molar-refractivity contribution >= 4 is 89.3 Å². The molecule has 43 heteroatoms. The van der Waals surface area contributed by atoms with E-state index in [1.165, 1.54) is 67.6 Å². The molecule has 0 aromatic carbocycles. The van der Waals surface area contributed by atoms with Crippen LogP contribution in [0.15, 0.2) is 0 Å². The zero-order chi connectivity index (χ0) is 85.9. The first-order chi connectivity index (χ1) is 53.6. The van der Waals surface area contributed by atoms with E-state index in [-0.39, 0.29) is 195 Å². The Balaban J connectivity index is -0.00000162. The van der Waals surface area contributed by atoms with Gasteiger partial charge in [-0.05, 0) is 24.7 Å². The molecule has 0 saturated carbocycles. The fourth-order valence-electron chi connectivity index (χ4n) is 10.5. The van der Waals surface area contributed by atoms with Crippen molar-refractivity contribution in [2.24, 2.45) is 11.8 Å². The minimum atomic E-state index is -1.18. The van der Waals surface area contributed by atoms with Crippen LogP contribution in [0.5, 0.6) is 0 Å². The Bertz CT molecular complexity index is 2480. The number of methoxy groups -OCH3 is 4. The first kappa shape index (κ1) is 109. The second-order valence-corrected chi connectivity index (χ2v) is 26.2. The number of hydrogen-bond donors (Lipinski definition) is 13. The van der Waals surface area contributed by atoms with Gasteiger partial charge in [0.05, 0.1) is 125 Å². The number of esters is 2. The number of ether oxygens (including phenoxy) is 6. The molecule has 113 heavy (non-hydrogen) atoms. The molecule has 0 aromatic heterocycles. The minimum absolute atomic E-state index is 0.00863. The number of aliphatic carboxylic acids is 9. The summed E-state index contributed by atoms with van der Waals surface area (Å²) >= 11 is 0. The van der Waals surface area contributed by atoms with Gasteiger partial charge >= 0.3 is 65.7 Å². The molecule has 2 unspecified atom stereocenters. The summed E-state index contributed by atoms with van der Waals surface area (Å²) in [6.45, 7) is 6.91. The van der Waals surface area contributed by atoms with Crippen molar-refractivity contribution in [3.05, 3.63) is 0 Å². The molecule has 0 heterocycles. The predicted octanol–water partition coefficient (Wildman–Crippen LogP) is -3.99. The molecule has 0 radical (unpaired) electrons. The van der Waals surface area contributed by atoms with Gasteiger partial charge < -0.3 is 95.6 Å². The normalized spacial score (nSPS) is 11.8. The largest absolute Gasteiger partial charge is 0.480 e. The van der Waals surface area contributed by atoms with Gasteiger partial charge in [-0.2, -0.15) is 0 Å². The zero-order valence-electron chi connectivity index (χ0n) is 67.1. The highest BCUT2D eigenvalue weighted by atomic mass is 16.6. The average molecular weight is 1630 g/mol. The van der Waals surface area contributed by atoms with Crippen molar-refractivity contribution in [1.82, 2.24) is 65.4 Å². The molecule has 13 N–H and O–H groups in total. The van der Waals surface area contributed by atoms with Crippen LogP contribution in [0.1, 0.15) is 79.1 Å². The van der Waals surface area contributed by atoms with Crippen molar-refractivity contribution in [1.29, 1.82) is 0 Å². The lowest BCUT2D eigenvalue weighted by molar-refractivity contribution is -0.149. The van der Waals surface area contributed by atoms with E-state index in [4.69, 9.17) is 48.8 Å².